The number of rotatable bonds is 7. The Balaban J connectivity index is 1.34. The van der Waals surface area contributed by atoms with Crippen molar-refractivity contribution >= 4 is 44.6 Å². The normalized spacial score (nSPS) is 16.2. The third-order valence-corrected chi connectivity index (χ3v) is 8.78. The van der Waals surface area contributed by atoms with Gasteiger partial charge in [-0.1, -0.05) is 48.0 Å². The largest absolute Gasteiger partial charge is 0.342 e. The summed E-state index contributed by atoms with van der Waals surface area (Å²) in [6, 6.07) is 22.5. The van der Waals surface area contributed by atoms with Crippen molar-refractivity contribution in [3.8, 4) is 6.07 Å². The summed E-state index contributed by atoms with van der Waals surface area (Å²) in [6.45, 7) is 0.758. The van der Waals surface area contributed by atoms with Gasteiger partial charge in [-0.3, -0.25) is 4.79 Å². The minimum atomic E-state index is -3.85. The van der Waals surface area contributed by atoms with E-state index in [1.54, 1.807) is 12.3 Å². The number of hydrazone groups is 1. The van der Waals surface area contributed by atoms with Gasteiger partial charge in [0.05, 0.1) is 22.7 Å². The molecule has 3 aromatic carbocycles. The standard InChI is InChI=1S/C28H24ClN5O3S/c29-23-11-13-24(14-12-23)38(36,37)34-15-5-10-27(34)28(35)32-31-17-22-19-33(26-9-4-3-8-25(22)26)18-21-7-2-1-6-20(21)16-30/h1-4,6-9,11-14,17,19,27H,5,10,15,18H2,(H,32,35)/b31-17-/t27-/m1/s1. The molecule has 0 aliphatic carbocycles. The molecule has 2 heterocycles. The van der Waals surface area contributed by atoms with E-state index in [-0.39, 0.29) is 11.4 Å². The van der Waals surface area contributed by atoms with Crippen LogP contribution in [-0.2, 0) is 21.4 Å². The summed E-state index contributed by atoms with van der Waals surface area (Å²) in [6.07, 6.45) is 4.46. The molecule has 0 unspecified atom stereocenters. The van der Waals surface area contributed by atoms with Gasteiger partial charge in [0.15, 0.2) is 0 Å². The molecule has 1 fully saturated rings. The number of nitrogens with zero attached hydrogens (tertiary/aromatic N) is 4. The molecule has 8 nitrogen and oxygen atoms in total. The number of para-hydroxylation sites is 1. The first kappa shape index (κ1) is 25.7. The van der Waals surface area contributed by atoms with Crippen molar-refractivity contribution in [2.45, 2.75) is 30.3 Å². The molecule has 0 saturated carbocycles. The van der Waals surface area contributed by atoms with Crippen molar-refractivity contribution in [3.05, 3.63) is 101 Å². The topological polar surface area (TPSA) is 108 Å². The van der Waals surface area contributed by atoms with Crippen molar-refractivity contribution in [3.63, 3.8) is 0 Å². The van der Waals surface area contributed by atoms with Crippen molar-refractivity contribution in [1.29, 1.82) is 5.26 Å². The SMILES string of the molecule is N#Cc1ccccc1Cn1cc(/C=N\NC(=O)[C@H]2CCCN2S(=O)(=O)c2ccc(Cl)cc2)c2ccccc21. The van der Waals surface area contributed by atoms with Gasteiger partial charge in [0.2, 0.25) is 10.0 Å². The van der Waals surface area contributed by atoms with Crippen LogP contribution in [0.15, 0.2) is 89.0 Å². The molecule has 0 bridgehead atoms. The molecule has 0 spiro atoms. The highest BCUT2D eigenvalue weighted by atomic mass is 35.5. The van der Waals surface area contributed by atoms with Crippen molar-refractivity contribution in [2.24, 2.45) is 5.10 Å². The van der Waals surface area contributed by atoms with E-state index < -0.39 is 22.0 Å². The summed E-state index contributed by atoms with van der Waals surface area (Å²) in [7, 11) is -3.85. The lowest BCUT2D eigenvalue weighted by atomic mass is 10.1. The Labute approximate surface area is 225 Å². The predicted octanol–water partition coefficient (Wildman–Crippen LogP) is 4.52. The van der Waals surface area contributed by atoms with Gasteiger partial charge >= 0.3 is 0 Å². The Morgan fingerprint density at radius 1 is 1.11 bits per heavy atom. The van der Waals surface area contributed by atoms with E-state index in [0.717, 1.165) is 22.0 Å². The first-order chi connectivity index (χ1) is 18.4. The van der Waals surface area contributed by atoms with Gasteiger partial charge in [0, 0.05) is 40.8 Å². The van der Waals surface area contributed by atoms with E-state index in [2.05, 4.69) is 16.6 Å². The molecule has 1 aromatic heterocycles. The second-order valence-corrected chi connectivity index (χ2v) is 11.3. The fraction of sp³-hybridized carbons (Fsp3) is 0.179. The van der Waals surface area contributed by atoms with E-state index >= 15 is 0 Å². The Bertz CT molecular complexity index is 1670. The highest BCUT2D eigenvalue weighted by molar-refractivity contribution is 7.89. The van der Waals surface area contributed by atoms with E-state index in [0.29, 0.717) is 30.0 Å². The Morgan fingerprint density at radius 3 is 2.63 bits per heavy atom. The lowest BCUT2D eigenvalue weighted by Crippen LogP contribution is -2.44. The Kier molecular flexibility index (Phi) is 7.29. The van der Waals surface area contributed by atoms with Gasteiger partial charge in [0.1, 0.15) is 6.04 Å². The number of carbonyl (C=O) groups is 1. The number of carbonyl (C=O) groups excluding carboxylic acids is 1. The lowest BCUT2D eigenvalue weighted by Gasteiger charge is -2.22. The first-order valence-corrected chi connectivity index (χ1v) is 13.9. The quantitative estimate of drug-likeness (QED) is 0.272. The molecule has 5 rings (SSSR count). The number of sulfonamides is 1. The van der Waals surface area contributed by atoms with E-state index in [9.17, 15) is 18.5 Å². The fourth-order valence-corrected chi connectivity index (χ4v) is 6.51. The smallest absolute Gasteiger partial charge is 0.258 e. The number of fused-ring (bicyclic) bond motifs is 1. The number of hydrogen-bond acceptors (Lipinski definition) is 5. The zero-order valence-electron chi connectivity index (χ0n) is 20.3. The number of amides is 1. The van der Waals surface area contributed by atoms with Crippen molar-refractivity contribution < 1.29 is 13.2 Å². The molecule has 38 heavy (non-hydrogen) atoms. The lowest BCUT2D eigenvalue weighted by molar-refractivity contribution is -0.124. The molecule has 192 valence electrons. The maximum Gasteiger partial charge on any atom is 0.258 e. The number of hydrogen-bond donors (Lipinski definition) is 1. The summed E-state index contributed by atoms with van der Waals surface area (Å²) < 4.78 is 29.5. The maximum absolute atomic E-state index is 13.1. The van der Waals surface area contributed by atoms with Crippen LogP contribution in [0.2, 0.25) is 5.02 Å². The summed E-state index contributed by atoms with van der Waals surface area (Å²) in [5, 5.41) is 15.0. The number of benzene rings is 3. The minimum absolute atomic E-state index is 0.0934. The highest BCUT2D eigenvalue weighted by Gasteiger charge is 2.39. The summed E-state index contributed by atoms with van der Waals surface area (Å²) >= 11 is 5.90. The first-order valence-electron chi connectivity index (χ1n) is 12.0. The maximum atomic E-state index is 13.1. The Morgan fingerprint density at radius 2 is 1.84 bits per heavy atom. The fourth-order valence-electron chi connectivity index (χ4n) is 4.73. The van der Waals surface area contributed by atoms with Gasteiger partial charge in [-0.2, -0.15) is 14.7 Å². The number of nitrogens with one attached hydrogen (secondary N) is 1. The molecule has 1 N–H and O–H groups in total. The van der Waals surface area contributed by atoms with Crippen LogP contribution in [-0.4, -0.2) is 42.0 Å². The number of nitriles is 1. The van der Waals surface area contributed by atoms with Crippen LogP contribution in [0.5, 0.6) is 0 Å². The van der Waals surface area contributed by atoms with Gasteiger partial charge in [0.25, 0.3) is 5.91 Å². The minimum Gasteiger partial charge on any atom is -0.342 e. The van der Waals surface area contributed by atoms with Gasteiger partial charge < -0.3 is 4.57 Å². The zero-order valence-corrected chi connectivity index (χ0v) is 21.9. The molecule has 4 aromatic rings. The number of halogens is 1. The third-order valence-electron chi connectivity index (χ3n) is 6.60. The van der Waals surface area contributed by atoms with Crippen LogP contribution in [0.1, 0.15) is 29.5 Å². The van der Waals surface area contributed by atoms with Gasteiger partial charge in [-0.15, -0.1) is 0 Å². The molecule has 10 heteroatoms. The van der Waals surface area contributed by atoms with Crippen LogP contribution in [0, 0.1) is 11.3 Å². The number of aromatic nitrogens is 1. The van der Waals surface area contributed by atoms with Crippen LogP contribution >= 0.6 is 11.6 Å². The van der Waals surface area contributed by atoms with Crippen LogP contribution in [0.25, 0.3) is 10.9 Å². The van der Waals surface area contributed by atoms with E-state index in [1.807, 2.05) is 53.2 Å². The Hall–Kier alpha value is -3.97. The van der Waals surface area contributed by atoms with Crippen LogP contribution in [0.4, 0.5) is 0 Å². The van der Waals surface area contributed by atoms with Crippen LogP contribution < -0.4 is 5.43 Å². The molecule has 1 atom stereocenters. The monoisotopic (exact) mass is 545 g/mol. The molecule has 1 aliphatic rings. The van der Waals surface area contributed by atoms with Crippen LogP contribution in [0.3, 0.4) is 0 Å². The highest BCUT2D eigenvalue weighted by Crippen LogP contribution is 2.27. The summed E-state index contributed by atoms with van der Waals surface area (Å²) in [5.41, 5.74) is 5.79. The zero-order chi connectivity index (χ0) is 26.7. The molecular formula is C28H24ClN5O3S. The van der Waals surface area contributed by atoms with E-state index in [1.165, 1.54) is 28.6 Å². The average Bonchev–Trinajstić information content (AvgIpc) is 3.56. The van der Waals surface area contributed by atoms with Crippen molar-refractivity contribution in [1.82, 2.24) is 14.3 Å². The molecular weight excluding hydrogens is 522 g/mol. The second kappa shape index (κ2) is 10.8. The summed E-state index contributed by atoms with van der Waals surface area (Å²) in [4.78, 5) is 13.1. The average molecular weight is 546 g/mol. The molecule has 0 radical (unpaired) electrons. The molecule has 1 aliphatic heterocycles. The summed E-state index contributed by atoms with van der Waals surface area (Å²) in [5.74, 6) is -0.483. The predicted molar refractivity (Wildman–Crippen MR) is 146 cm³/mol. The van der Waals surface area contributed by atoms with E-state index in [4.69, 9.17) is 11.6 Å². The molecule has 1 amide bonds. The molecule has 1 saturated heterocycles. The second-order valence-electron chi connectivity index (χ2n) is 8.96. The van der Waals surface area contributed by atoms with Crippen molar-refractivity contribution in [2.75, 3.05) is 6.54 Å². The third kappa shape index (κ3) is 5.07. The van der Waals surface area contributed by atoms with Gasteiger partial charge in [-0.25, -0.2) is 13.8 Å². The van der Waals surface area contributed by atoms with Gasteiger partial charge in [-0.05, 0) is 54.8 Å².